The van der Waals surface area contributed by atoms with E-state index in [1.54, 1.807) is 11.3 Å². The highest BCUT2D eigenvalue weighted by Crippen LogP contribution is 2.54. The van der Waals surface area contributed by atoms with E-state index < -0.39 is 23.9 Å². The van der Waals surface area contributed by atoms with Gasteiger partial charge < -0.3 is 15.1 Å². The SMILES string of the molecule is Cc1ccsc1C1C(C(=O)c2cccs2)C(c2ccc(C(C)(C)C)cc2)C(C(=O)N2CCNCC2)N1C(=O)C1CCCCC1. The van der Waals surface area contributed by atoms with Crippen LogP contribution in [0.1, 0.15) is 96.1 Å². The molecule has 2 amide bonds. The van der Waals surface area contributed by atoms with E-state index in [1.165, 1.54) is 16.9 Å². The number of carbonyl (C=O) groups is 3. The van der Waals surface area contributed by atoms with Gasteiger partial charge in [0.2, 0.25) is 11.8 Å². The van der Waals surface area contributed by atoms with E-state index in [9.17, 15) is 14.4 Å². The first-order chi connectivity index (χ1) is 21.2. The third-order valence-electron chi connectivity index (χ3n) is 9.96. The zero-order valence-electron chi connectivity index (χ0n) is 26.4. The number of amides is 2. The average Bonchev–Trinajstić information content (AvgIpc) is 3.80. The fourth-order valence-corrected chi connectivity index (χ4v) is 9.34. The Bertz CT molecular complexity index is 1460. The molecule has 4 unspecified atom stereocenters. The molecule has 2 aromatic heterocycles. The monoisotopic (exact) mass is 631 g/mol. The second-order valence-electron chi connectivity index (χ2n) is 13.8. The minimum Gasteiger partial charge on any atom is -0.338 e. The van der Waals surface area contributed by atoms with E-state index in [2.05, 4.69) is 68.7 Å². The summed E-state index contributed by atoms with van der Waals surface area (Å²) in [5.41, 5.74) is 3.20. The molecule has 3 fully saturated rings. The normalized spacial score (nSPS) is 24.9. The number of rotatable bonds is 6. The van der Waals surface area contributed by atoms with Crippen molar-refractivity contribution in [2.75, 3.05) is 26.2 Å². The molecule has 8 heteroatoms. The van der Waals surface area contributed by atoms with Crippen LogP contribution >= 0.6 is 22.7 Å². The molecule has 1 aliphatic carbocycles. The number of benzene rings is 1. The quantitative estimate of drug-likeness (QED) is 0.299. The van der Waals surface area contributed by atoms with Crippen LogP contribution in [-0.4, -0.2) is 59.6 Å². The molecule has 2 saturated heterocycles. The predicted molar refractivity (Wildman–Crippen MR) is 178 cm³/mol. The van der Waals surface area contributed by atoms with Gasteiger partial charge in [0.05, 0.1) is 16.8 Å². The molecule has 6 nitrogen and oxygen atoms in total. The Hall–Kier alpha value is -2.81. The van der Waals surface area contributed by atoms with E-state index in [0.717, 1.165) is 61.2 Å². The lowest BCUT2D eigenvalue weighted by Gasteiger charge is -2.38. The van der Waals surface area contributed by atoms with Crippen LogP contribution < -0.4 is 5.32 Å². The van der Waals surface area contributed by atoms with Crippen LogP contribution in [0.5, 0.6) is 0 Å². The lowest BCUT2D eigenvalue weighted by molar-refractivity contribution is -0.149. The third-order valence-corrected chi connectivity index (χ3v) is 11.9. The molecular formula is C36H45N3O3S2. The molecule has 0 spiro atoms. The third kappa shape index (κ3) is 5.93. The van der Waals surface area contributed by atoms with Gasteiger partial charge in [0.1, 0.15) is 6.04 Å². The highest BCUT2D eigenvalue weighted by Gasteiger charge is 2.59. The Morgan fingerprint density at radius 1 is 0.864 bits per heavy atom. The van der Waals surface area contributed by atoms with Gasteiger partial charge in [-0.25, -0.2) is 0 Å². The lowest BCUT2D eigenvalue weighted by atomic mass is 9.77. The van der Waals surface area contributed by atoms with E-state index in [0.29, 0.717) is 18.0 Å². The smallest absolute Gasteiger partial charge is 0.246 e. The summed E-state index contributed by atoms with van der Waals surface area (Å²) in [7, 11) is 0. The van der Waals surface area contributed by atoms with Crippen LogP contribution in [0.25, 0.3) is 0 Å². The summed E-state index contributed by atoms with van der Waals surface area (Å²) in [5.74, 6) is -1.10. The molecule has 1 aromatic carbocycles. The molecule has 0 bridgehead atoms. The van der Waals surface area contributed by atoms with E-state index in [-0.39, 0.29) is 28.9 Å². The van der Waals surface area contributed by atoms with Crippen LogP contribution in [0.2, 0.25) is 0 Å². The van der Waals surface area contributed by atoms with Gasteiger partial charge in [-0.3, -0.25) is 14.4 Å². The van der Waals surface area contributed by atoms with Crippen molar-refractivity contribution in [1.82, 2.24) is 15.1 Å². The Balaban J connectivity index is 1.57. The van der Waals surface area contributed by atoms with Gasteiger partial charge in [0, 0.05) is 42.9 Å². The summed E-state index contributed by atoms with van der Waals surface area (Å²) >= 11 is 3.05. The maximum atomic E-state index is 14.9. The summed E-state index contributed by atoms with van der Waals surface area (Å²) in [6.07, 6.45) is 4.88. The van der Waals surface area contributed by atoms with E-state index >= 15 is 0 Å². The number of hydrogen-bond acceptors (Lipinski definition) is 6. The molecule has 0 radical (unpaired) electrons. The summed E-state index contributed by atoms with van der Waals surface area (Å²) < 4.78 is 0. The molecular weight excluding hydrogens is 587 g/mol. The van der Waals surface area contributed by atoms with Crippen molar-refractivity contribution >= 4 is 40.3 Å². The van der Waals surface area contributed by atoms with Crippen LogP contribution in [0.4, 0.5) is 0 Å². The standard InChI is InChI=1S/C36H45N3O3S2/c1-23-16-22-44-33(23)30-29(32(40)27-11-8-21-43-27)28(24-12-14-26(15-13-24)36(2,3)4)31(35(42)38-19-17-37-18-20-38)39(30)34(41)25-9-6-5-7-10-25/h8,11-16,21-22,25,28-31,37H,5-7,9-10,17-20H2,1-4H3. The maximum absolute atomic E-state index is 14.9. The fourth-order valence-electron chi connectivity index (χ4n) is 7.55. The average molecular weight is 632 g/mol. The predicted octanol–water partition coefficient (Wildman–Crippen LogP) is 6.96. The van der Waals surface area contributed by atoms with Crippen molar-refractivity contribution in [1.29, 1.82) is 0 Å². The molecule has 1 saturated carbocycles. The molecule has 44 heavy (non-hydrogen) atoms. The number of nitrogens with zero attached hydrogens (tertiary/aromatic N) is 2. The largest absolute Gasteiger partial charge is 0.338 e. The number of piperazine rings is 1. The Labute approximate surface area is 269 Å². The summed E-state index contributed by atoms with van der Waals surface area (Å²) in [4.78, 5) is 50.1. The van der Waals surface area contributed by atoms with Gasteiger partial charge in [-0.05, 0) is 64.8 Å². The number of likely N-dealkylation sites (tertiary alicyclic amines) is 1. The zero-order valence-corrected chi connectivity index (χ0v) is 28.0. The number of carbonyl (C=O) groups excluding carboxylic acids is 3. The van der Waals surface area contributed by atoms with Gasteiger partial charge in [-0.2, -0.15) is 0 Å². The number of hydrogen-bond donors (Lipinski definition) is 1. The molecule has 1 N–H and O–H groups in total. The Morgan fingerprint density at radius 3 is 2.16 bits per heavy atom. The van der Waals surface area contributed by atoms with Gasteiger partial charge in [-0.15, -0.1) is 22.7 Å². The number of thiophene rings is 2. The maximum Gasteiger partial charge on any atom is 0.246 e. The van der Waals surface area contributed by atoms with E-state index in [4.69, 9.17) is 0 Å². The zero-order chi connectivity index (χ0) is 31.0. The second-order valence-corrected chi connectivity index (χ2v) is 15.7. The number of aryl methyl sites for hydroxylation is 1. The first kappa shape index (κ1) is 31.2. The fraction of sp³-hybridized carbons (Fsp3) is 0.528. The van der Waals surface area contributed by atoms with Crippen molar-refractivity contribution in [3.63, 3.8) is 0 Å². The van der Waals surface area contributed by atoms with Crippen LogP contribution in [0, 0.1) is 18.8 Å². The highest BCUT2D eigenvalue weighted by atomic mass is 32.1. The molecule has 4 heterocycles. The van der Waals surface area contributed by atoms with Crippen molar-refractivity contribution in [2.24, 2.45) is 11.8 Å². The van der Waals surface area contributed by atoms with Crippen LogP contribution in [0.15, 0.2) is 53.2 Å². The van der Waals surface area contributed by atoms with Gasteiger partial charge in [0.25, 0.3) is 0 Å². The molecule has 3 aromatic rings. The molecule has 2 aliphatic heterocycles. The van der Waals surface area contributed by atoms with Crippen molar-refractivity contribution < 1.29 is 14.4 Å². The van der Waals surface area contributed by atoms with E-state index in [1.807, 2.05) is 27.3 Å². The second kappa shape index (κ2) is 12.9. The van der Waals surface area contributed by atoms with Crippen molar-refractivity contribution in [3.05, 3.63) is 79.7 Å². The first-order valence-corrected chi connectivity index (χ1v) is 18.0. The lowest BCUT2D eigenvalue weighted by Crippen LogP contribution is -2.55. The Morgan fingerprint density at radius 2 is 1.57 bits per heavy atom. The minimum absolute atomic E-state index is 0.0266. The van der Waals surface area contributed by atoms with Gasteiger partial charge in [-0.1, -0.05) is 70.4 Å². The highest BCUT2D eigenvalue weighted by molar-refractivity contribution is 7.12. The minimum atomic E-state index is -0.747. The summed E-state index contributed by atoms with van der Waals surface area (Å²) in [5, 5.41) is 7.36. The number of ketones is 1. The molecule has 4 atom stereocenters. The first-order valence-electron chi connectivity index (χ1n) is 16.2. The van der Waals surface area contributed by atoms with Gasteiger partial charge in [0.15, 0.2) is 5.78 Å². The van der Waals surface area contributed by atoms with Crippen LogP contribution in [0.3, 0.4) is 0 Å². The number of nitrogens with one attached hydrogen (secondary N) is 1. The van der Waals surface area contributed by atoms with Crippen molar-refractivity contribution in [3.8, 4) is 0 Å². The summed E-state index contributed by atoms with van der Waals surface area (Å²) in [6.45, 7) is 11.3. The topological polar surface area (TPSA) is 69.7 Å². The molecule has 6 rings (SSSR count). The Kier molecular flexibility index (Phi) is 9.14. The molecule has 3 aliphatic rings. The number of Topliss-reactive ketones (excluding diaryl/α,β-unsaturated/α-hetero) is 1. The van der Waals surface area contributed by atoms with Crippen LogP contribution in [-0.2, 0) is 15.0 Å². The molecule has 234 valence electrons. The summed E-state index contributed by atoms with van der Waals surface area (Å²) in [6, 6.07) is 13.2. The van der Waals surface area contributed by atoms with Gasteiger partial charge >= 0.3 is 0 Å². The van der Waals surface area contributed by atoms with Crippen molar-refractivity contribution in [2.45, 2.75) is 83.2 Å².